The van der Waals surface area contributed by atoms with Crippen molar-refractivity contribution in [3.8, 4) is 0 Å². The van der Waals surface area contributed by atoms with Crippen LogP contribution in [-0.2, 0) is 6.54 Å². The van der Waals surface area contributed by atoms with E-state index in [0.29, 0.717) is 13.0 Å². The molecule has 0 bridgehead atoms. The smallest absolute Gasteiger partial charge is 0.0767 e. The molecule has 15 heavy (non-hydrogen) atoms. The average Bonchev–Trinajstić information content (AvgIpc) is 2.64. The normalized spacial score (nSPS) is 15.2. The molecule has 1 aromatic heterocycles. The summed E-state index contributed by atoms with van der Waals surface area (Å²) in [7, 11) is 0. The summed E-state index contributed by atoms with van der Waals surface area (Å²) in [5.41, 5.74) is 4.82. The highest BCUT2D eigenvalue weighted by atomic mass is 79.9. The van der Waals surface area contributed by atoms with Crippen molar-refractivity contribution in [3.63, 3.8) is 0 Å². The Morgan fingerprint density at radius 2 is 2.40 bits per heavy atom. The molecule has 0 spiro atoms. The zero-order valence-corrected chi connectivity index (χ0v) is 10.6. The lowest BCUT2D eigenvalue weighted by atomic mass is 9.95. The zero-order valence-electron chi connectivity index (χ0n) is 8.99. The number of hydrogen-bond donors (Lipinski definition) is 2. The van der Waals surface area contributed by atoms with E-state index < -0.39 is 5.60 Å². The van der Waals surface area contributed by atoms with Crippen molar-refractivity contribution in [1.82, 2.24) is 9.78 Å². The van der Waals surface area contributed by atoms with Gasteiger partial charge >= 0.3 is 0 Å². The Hall–Kier alpha value is -0.390. The van der Waals surface area contributed by atoms with Crippen LogP contribution >= 0.6 is 15.9 Å². The van der Waals surface area contributed by atoms with E-state index in [-0.39, 0.29) is 0 Å². The highest BCUT2D eigenvalue weighted by molar-refractivity contribution is 9.10. The second kappa shape index (κ2) is 5.63. The van der Waals surface area contributed by atoms with Gasteiger partial charge in [-0.25, -0.2) is 0 Å². The minimum absolute atomic E-state index is 0.326. The van der Waals surface area contributed by atoms with Gasteiger partial charge in [-0.2, -0.15) is 5.10 Å². The molecule has 0 amide bonds. The van der Waals surface area contributed by atoms with Crippen molar-refractivity contribution in [1.29, 1.82) is 0 Å². The van der Waals surface area contributed by atoms with Crippen molar-refractivity contribution in [2.24, 2.45) is 5.73 Å². The SMILES string of the molecule is CCC(O)(CN)CCCn1cc(Br)cn1. The van der Waals surface area contributed by atoms with Crippen LogP contribution in [0.2, 0.25) is 0 Å². The van der Waals surface area contributed by atoms with Crippen molar-refractivity contribution in [2.45, 2.75) is 38.3 Å². The monoisotopic (exact) mass is 275 g/mol. The van der Waals surface area contributed by atoms with E-state index in [2.05, 4.69) is 21.0 Å². The Morgan fingerprint density at radius 3 is 2.87 bits per heavy atom. The molecule has 0 aromatic carbocycles. The third-order valence-corrected chi connectivity index (χ3v) is 3.08. The lowest BCUT2D eigenvalue weighted by molar-refractivity contribution is 0.0331. The predicted molar refractivity (Wildman–Crippen MR) is 63.5 cm³/mol. The van der Waals surface area contributed by atoms with Crippen LogP contribution in [0.5, 0.6) is 0 Å². The fourth-order valence-corrected chi connectivity index (χ4v) is 1.78. The predicted octanol–water partition coefficient (Wildman–Crippen LogP) is 1.53. The fourth-order valence-electron chi connectivity index (χ4n) is 1.45. The minimum atomic E-state index is -0.704. The van der Waals surface area contributed by atoms with Gasteiger partial charge in [-0.05, 0) is 35.2 Å². The highest BCUT2D eigenvalue weighted by Crippen LogP contribution is 2.16. The Kier molecular flexibility index (Phi) is 4.76. The first-order valence-corrected chi connectivity index (χ1v) is 5.99. The lowest BCUT2D eigenvalue weighted by Crippen LogP contribution is -2.37. The van der Waals surface area contributed by atoms with E-state index in [1.165, 1.54) is 0 Å². The molecule has 0 fully saturated rings. The van der Waals surface area contributed by atoms with E-state index in [9.17, 15) is 5.11 Å². The van der Waals surface area contributed by atoms with Gasteiger partial charge in [-0.3, -0.25) is 4.68 Å². The summed E-state index contributed by atoms with van der Waals surface area (Å²) in [6.07, 6.45) is 5.99. The van der Waals surface area contributed by atoms with Crippen molar-refractivity contribution < 1.29 is 5.11 Å². The van der Waals surface area contributed by atoms with Crippen LogP contribution in [-0.4, -0.2) is 27.0 Å². The number of aryl methyl sites for hydroxylation is 1. The fraction of sp³-hybridized carbons (Fsp3) is 0.700. The summed E-state index contributed by atoms with van der Waals surface area (Å²) in [5.74, 6) is 0. The summed E-state index contributed by atoms with van der Waals surface area (Å²) in [4.78, 5) is 0. The standard InChI is InChI=1S/C10H18BrN3O/c1-2-10(15,8-12)4-3-5-14-7-9(11)6-13-14/h6-7,15H,2-5,8,12H2,1H3. The molecule has 1 rings (SSSR count). The Balaban J connectivity index is 2.32. The second-order valence-corrected chi connectivity index (χ2v) is 4.72. The minimum Gasteiger partial charge on any atom is -0.389 e. The maximum absolute atomic E-state index is 9.95. The molecule has 1 aromatic rings. The topological polar surface area (TPSA) is 64.1 Å². The van der Waals surface area contributed by atoms with Crippen LogP contribution < -0.4 is 5.73 Å². The van der Waals surface area contributed by atoms with Gasteiger partial charge < -0.3 is 10.8 Å². The Labute approximate surface area is 98.6 Å². The van der Waals surface area contributed by atoms with Crippen molar-refractivity contribution >= 4 is 15.9 Å². The molecule has 4 nitrogen and oxygen atoms in total. The number of nitrogens with zero attached hydrogens (tertiary/aromatic N) is 2. The first kappa shape index (κ1) is 12.7. The number of halogens is 1. The molecular weight excluding hydrogens is 258 g/mol. The van der Waals surface area contributed by atoms with Gasteiger partial charge in [0.2, 0.25) is 0 Å². The summed E-state index contributed by atoms with van der Waals surface area (Å²) in [6, 6.07) is 0. The molecule has 0 saturated carbocycles. The van der Waals surface area contributed by atoms with Gasteiger partial charge in [0.05, 0.1) is 16.3 Å². The molecule has 1 unspecified atom stereocenters. The van der Waals surface area contributed by atoms with Crippen LogP contribution in [0.1, 0.15) is 26.2 Å². The molecule has 0 aliphatic rings. The third-order valence-electron chi connectivity index (χ3n) is 2.67. The molecule has 0 aliphatic carbocycles. The molecule has 3 N–H and O–H groups in total. The quantitative estimate of drug-likeness (QED) is 0.828. The number of rotatable bonds is 6. The van der Waals surface area contributed by atoms with Crippen LogP contribution in [0.25, 0.3) is 0 Å². The summed E-state index contributed by atoms with van der Waals surface area (Å²) >= 11 is 3.34. The maximum atomic E-state index is 9.95. The van der Waals surface area contributed by atoms with Gasteiger partial charge in [-0.15, -0.1) is 0 Å². The summed E-state index contributed by atoms with van der Waals surface area (Å²) < 4.78 is 2.84. The summed E-state index contributed by atoms with van der Waals surface area (Å²) in [5, 5.41) is 14.1. The third kappa shape index (κ3) is 3.93. The van der Waals surface area contributed by atoms with Gasteiger partial charge in [0.25, 0.3) is 0 Å². The number of aliphatic hydroxyl groups is 1. The van der Waals surface area contributed by atoms with Gasteiger partial charge in [-0.1, -0.05) is 6.92 Å². The lowest BCUT2D eigenvalue weighted by Gasteiger charge is -2.24. The molecule has 1 heterocycles. The molecule has 86 valence electrons. The average molecular weight is 276 g/mol. The van der Waals surface area contributed by atoms with Crippen LogP contribution in [0.15, 0.2) is 16.9 Å². The van der Waals surface area contributed by atoms with Gasteiger partial charge in [0.15, 0.2) is 0 Å². The first-order valence-electron chi connectivity index (χ1n) is 5.20. The van der Waals surface area contributed by atoms with Gasteiger partial charge in [0, 0.05) is 19.3 Å². The second-order valence-electron chi connectivity index (χ2n) is 3.81. The first-order chi connectivity index (χ1) is 7.09. The Morgan fingerprint density at radius 1 is 1.67 bits per heavy atom. The summed E-state index contributed by atoms with van der Waals surface area (Å²) in [6.45, 7) is 3.09. The van der Waals surface area contributed by atoms with E-state index in [1.807, 2.05) is 17.8 Å². The molecule has 0 radical (unpaired) electrons. The highest BCUT2D eigenvalue weighted by Gasteiger charge is 2.21. The van der Waals surface area contributed by atoms with Gasteiger partial charge in [0.1, 0.15) is 0 Å². The number of nitrogens with two attached hydrogens (primary N) is 1. The molecule has 0 saturated heterocycles. The number of hydrogen-bond acceptors (Lipinski definition) is 3. The van der Waals surface area contributed by atoms with E-state index in [4.69, 9.17) is 5.73 Å². The van der Waals surface area contributed by atoms with Crippen LogP contribution in [0.4, 0.5) is 0 Å². The number of aromatic nitrogens is 2. The van der Waals surface area contributed by atoms with E-state index in [1.54, 1.807) is 6.20 Å². The molecular formula is C10H18BrN3O. The molecule has 5 heteroatoms. The molecule has 0 aliphatic heterocycles. The maximum Gasteiger partial charge on any atom is 0.0767 e. The van der Waals surface area contributed by atoms with E-state index in [0.717, 1.165) is 23.9 Å². The van der Waals surface area contributed by atoms with Crippen molar-refractivity contribution in [2.75, 3.05) is 6.54 Å². The van der Waals surface area contributed by atoms with Crippen LogP contribution in [0.3, 0.4) is 0 Å². The van der Waals surface area contributed by atoms with Crippen LogP contribution in [0, 0.1) is 0 Å². The van der Waals surface area contributed by atoms with E-state index >= 15 is 0 Å². The largest absolute Gasteiger partial charge is 0.389 e. The Bertz CT molecular complexity index is 297. The van der Waals surface area contributed by atoms with Crippen molar-refractivity contribution in [3.05, 3.63) is 16.9 Å². The zero-order chi connectivity index (χ0) is 11.3. The molecule has 1 atom stereocenters.